The molecule has 0 saturated carbocycles. The van der Waals surface area contributed by atoms with Gasteiger partial charge in [-0.2, -0.15) is 5.21 Å². The topological polar surface area (TPSA) is 123 Å². The van der Waals surface area contributed by atoms with Gasteiger partial charge in [0.05, 0.1) is 24.8 Å². The Morgan fingerprint density at radius 1 is 1.18 bits per heavy atom. The van der Waals surface area contributed by atoms with Crippen molar-refractivity contribution in [1.29, 1.82) is 0 Å². The standard InChI is InChI=1S/C23H19BrN6O3/c1-3-18-25-12(2)21(23(31)32)30(18)10-16-13-8-9-33-11-17(13)20(24)19(16)14-6-4-5-7-15(14)22-26-28-29-27-22/h4-9,11H,3,10H2,1-2H3,(H,31,32)(H,26,27,28,29). The lowest BCUT2D eigenvalue weighted by molar-refractivity contribution is 0.0684. The smallest absolute Gasteiger partial charge is 0.354 e. The number of halogens is 1. The number of aromatic nitrogens is 6. The Balaban J connectivity index is 1.79. The molecule has 0 fully saturated rings. The molecule has 0 amide bonds. The number of nitrogens with one attached hydrogen (secondary N) is 1. The quantitative estimate of drug-likeness (QED) is 0.338. The number of imidazole rings is 1. The Bertz CT molecular complexity index is 1440. The number of tetrazole rings is 1. The number of aryl methyl sites for hydroxylation is 2. The lowest BCUT2D eigenvalue weighted by atomic mass is 9.97. The van der Waals surface area contributed by atoms with E-state index in [1.165, 1.54) is 0 Å². The van der Waals surface area contributed by atoms with Crippen LogP contribution in [-0.4, -0.2) is 41.3 Å². The van der Waals surface area contributed by atoms with Crippen LogP contribution in [0.15, 0.2) is 51.7 Å². The molecule has 1 aliphatic carbocycles. The van der Waals surface area contributed by atoms with Crippen molar-refractivity contribution >= 4 is 21.9 Å². The number of carboxylic acids is 1. The minimum atomic E-state index is -1.00. The summed E-state index contributed by atoms with van der Waals surface area (Å²) in [5.41, 5.74) is 6.08. The van der Waals surface area contributed by atoms with Crippen LogP contribution in [-0.2, 0) is 13.0 Å². The number of rotatable bonds is 6. The first-order valence-corrected chi connectivity index (χ1v) is 11.1. The van der Waals surface area contributed by atoms with Gasteiger partial charge in [-0.25, -0.2) is 9.78 Å². The third-order valence-corrected chi connectivity index (χ3v) is 6.53. The second kappa shape index (κ2) is 8.28. The highest BCUT2D eigenvalue weighted by atomic mass is 79.9. The van der Waals surface area contributed by atoms with Crippen LogP contribution < -0.4 is 0 Å². The molecule has 1 aromatic carbocycles. The lowest BCUT2D eigenvalue weighted by Gasteiger charge is -2.14. The van der Waals surface area contributed by atoms with Gasteiger partial charge in [0.1, 0.15) is 5.82 Å². The van der Waals surface area contributed by atoms with Crippen LogP contribution in [0.3, 0.4) is 0 Å². The molecule has 2 aliphatic rings. The minimum Gasteiger partial charge on any atom is -0.477 e. The molecule has 2 aromatic heterocycles. The number of fused-ring (bicyclic) bond motifs is 1. The van der Waals surface area contributed by atoms with Crippen molar-refractivity contribution in [3.05, 3.63) is 70.1 Å². The van der Waals surface area contributed by atoms with Gasteiger partial charge in [-0.1, -0.05) is 31.2 Å². The van der Waals surface area contributed by atoms with E-state index in [9.17, 15) is 9.90 Å². The zero-order valence-corrected chi connectivity index (χ0v) is 19.4. The van der Waals surface area contributed by atoms with E-state index in [4.69, 9.17) is 4.42 Å². The Kier molecular flexibility index (Phi) is 5.29. The molecular formula is C23H19BrN6O3. The van der Waals surface area contributed by atoms with Crippen molar-refractivity contribution in [1.82, 2.24) is 30.2 Å². The molecule has 0 unspecified atom stereocenters. The summed E-state index contributed by atoms with van der Waals surface area (Å²) in [6.07, 6.45) is 3.91. The van der Waals surface area contributed by atoms with Crippen LogP contribution in [0.4, 0.5) is 0 Å². The van der Waals surface area contributed by atoms with E-state index in [0.717, 1.165) is 37.9 Å². The van der Waals surface area contributed by atoms with E-state index in [1.54, 1.807) is 24.0 Å². The number of benzene rings is 1. The second-order valence-electron chi connectivity index (χ2n) is 7.54. The molecule has 0 saturated heterocycles. The number of aromatic amines is 1. The van der Waals surface area contributed by atoms with Crippen molar-refractivity contribution in [2.45, 2.75) is 26.8 Å². The number of aromatic carboxylic acids is 1. The summed E-state index contributed by atoms with van der Waals surface area (Å²) in [5.74, 6) is 0.184. The zero-order valence-electron chi connectivity index (χ0n) is 17.8. The van der Waals surface area contributed by atoms with Gasteiger partial charge < -0.3 is 14.1 Å². The molecule has 166 valence electrons. The number of nitrogens with zero attached hydrogens (tertiary/aromatic N) is 5. The van der Waals surface area contributed by atoms with E-state index in [2.05, 4.69) is 41.5 Å². The highest BCUT2D eigenvalue weighted by Crippen LogP contribution is 2.48. The SMILES string of the molecule is CCc1nc(C)c(C(=O)O)n1Cc1c2ccocc-2c(Br)c1-c1ccccc1-c1nn[nH]n1. The molecule has 3 heterocycles. The average molecular weight is 507 g/mol. The normalized spacial score (nSPS) is 11.4. The summed E-state index contributed by atoms with van der Waals surface area (Å²) in [7, 11) is 0. The van der Waals surface area contributed by atoms with E-state index < -0.39 is 5.97 Å². The number of carboxylic acid groups (broad SMARTS) is 1. The fraction of sp³-hybridized carbons (Fsp3) is 0.174. The fourth-order valence-electron chi connectivity index (χ4n) is 4.32. The predicted molar refractivity (Wildman–Crippen MR) is 124 cm³/mol. The van der Waals surface area contributed by atoms with Gasteiger partial charge in [-0.3, -0.25) is 0 Å². The molecule has 5 rings (SSSR count). The average Bonchev–Trinajstić information content (AvgIpc) is 3.52. The first kappa shape index (κ1) is 21.1. The van der Waals surface area contributed by atoms with E-state index in [-0.39, 0.29) is 5.69 Å². The second-order valence-corrected chi connectivity index (χ2v) is 8.33. The molecule has 33 heavy (non-hydrogen) atoms. The molecule has 0 spiro atoms. The first-order valence-electron chi connectivity index (χ1n) is 10.3. The monoisotopic (exact) mass is 506 g/mol. The molecular weight excluding hydrogens is 488 g/mol. The van der Waals surface area contributed by atoms with E-state index >= 15 is 0 Å². The maximum Gasteiger partial charge on any atom is 0.354 e. The van der Waals surface area contributed by atoms with E-state index in [1.807, 2.05) is 37.3 Å². The van der Waals surface area contributed by atoms with Gasteiger partial charge in [0.15, 0.2) is 5.69 Å². The Morgan fingerprint density at radius 3 is 2.67 bits per heavy atom. The van der Waals surface area contributed by atoms with Crippen LogP contribution in [0.5, 0.6) is 0 Å². The Labute approximate surface area is 196 Å². The fourth-order valence-corrected chi connectivity index (χ4v) is 5.08. The molecule has 10 heteroatoms. The van der Waals surface area contributed by atoms with Crippen molar-refractivity contribution < 1.29 is 14.3 Å². The maximum absolute atomic E-state index is 12.1. The van der Waals surface area contributed by atoms with Crippen molar-refractivity contribution in [3.63, 3.8) is 0 Å². The summed E-state index contributed by atoms with van der Waals surface area (Å²) in [6.45, 7) is 4.02. The van der Waals surface area contributed by atoms with Crippen LogP contribution >= 0.6 is 15.9 Å². The molecule has 2 N–H and O–H groups in total. The summed E-state index contributed by atoms with van der Waals surface area (Å²) in [5, 5.41) is 24.4. The summed E-state index contributed by atoms with van der Waals surface area (Å²) >= 11 is 3.77. The summed E-state index contributed by atoms with van der Waals surface area (Å²) in [6, 6.07) is 9.67. The van der Waals surface area contributed by atoms with Gasteiger partial charge >= 0.3 is 5.97 Å². The number of carbonyl (C=O) groups is 1. The van der Waals surface area contributed by atoms with Crippen molar-refractivity contribution in [2.24, 2.45) is 0 Å². The largest absolute Gasteiger partial charge is 0.477 e. The van der Waals surface area contributed by atoms with Crippen molar-refractivity contribution in [2.75, 3.05) is 0 Å². The highest BCUT2D eigenvalue weighted by molar-refractivity contribution is 9.10. The van der Waals surface area contributed by atoms with E-state index in [0.29, 0.717) is 30.3 Å². The third-order valence-electron chi connectivity index (χ3n) is 5.71. The number of hydrogen-bond acceptors (Lipinski definition) is 6. The van der Waals surface area contributed by atoms with Crippen LogP contribution in [0, 0.1) is 6.92 Å². The van der Waals surface area contributed by atoms with Gasteiger partial charge in [0.25, 0.3) is 0 Å². The molecule has 3 aromatic rings. The highest BCUT2D eigenvalue weighted by Gasteiger charge is 2.28. The van der Waals surface area contributed by atoms with Crippen molar-refractivity contribution in [3.8, 4) is 33.6 Å². The zero-order chi connectivity index (χ0) is 23.1. The summed E-state index contributed by atoms with van der Waals surface area (Å²) < 4.78 is 8.08. The minimum absolute atomic E-state index is 0.190. The maximum atomic E-state index is 12.1. The molecule has 0 radical (unpaired) electrons. The number of hydrogen-bond donors (Lipinski definition) is 2. The van der Waals surface area contributed by atoms with Gasteiger partial charge in [-0.15, -0.1) is 10.2 Å². The van der Waals surface area contributed by atoms with Gasteiger partial charge in [0.2, 0.25) is 5.82 Å². The Hall–Kier alpha value is -3.79. The molecule has 0 atom stereocenters. The Morgan fingerprint density at radius 2 is 1.97 bits per heavy atom. The molecule has 0 bridgehead atoms. The number of H-pyrrole nitrogens is 1. The lowest BCUT2D eigenvalue weighted by Crippen LogP contribution is -2.13. The predicted octanol–water partition coefficient (Wildman–Crippen LogP) is 4.81. The summed E-state index contributed by atoms with van der Waals surface area (Å²) in [4.78, 5) is 16.6. The third kappa shape index (κ3) is 3.43. The van der Waals surface area contributed by atoms with Crippen LogP contribution in [0.1, 0.15) is 34.5 Å². The van der Waals surface area contributed by atoms with Gasteiger partial charge in [-0.05, 0) is 50.8 Å². The van der Waals surface area contributed by atoms with Gasteiger partial charge in [0, 0.05) is 27.6 Å². The van der Waals surface area contributed by atoms with Crippen LogP contribution in [0.25, 0.3) is 33.6 Å². The first-order chi connectivity index (χ1) is 16.0. The van der Waals surface area contributed by atoms with Crippen LogP contribution in [0.2, 0.25) is 0 Å². The molecule has 1 aliphatic heterocycles. The molecule has 9 nitrogen and oxygen atoms in total.